The number of ether oxygens (including phenoxy) is 1. The lowest BCUT2D eigenvalue weighted by Crippen LogP contribution is -2.44. The number of nitrogens with zero attached hydrogens (tertiary/aromatic N) is 1. The minimum atomic E-state index is -0.461. The van der Waals surface area contributed by atoms with E-state index >= 15 is 0 Å². The minimum Gasteiger partial charge on any atom is -0.444 e. The summed E-state index contributed by atoms with van der Waals surface area (Å²) in [4.78, 5) is 13.9. The molecular weight excluding hydrogens is 352 g/mol. The number of amides is 1. The van der Waals surface area contributed by atoms with Crippen LogP contribution in [0.1, 0.15) is 52.5 Å². The molecule has 1 aliphatic rings. The van der Waals surface area contributed by atoms with E-state index in [4.69, 9.17) is 15.6 Å². The topological polar surface area (TPSA) is 91.0 Å². The highest BCUT2D eigenvalue weighted by molar-refractivity contribution is 6.15. The first kappa shape index (κ1) is 21.7. The molecule has 0 aromatic heterocycles. The zero-order valence-electron chi connectivity index (χ0n) is 17.4. The van der Waals surface area contributed by atoms with E-state index in [2.05, 4.69) is 5.32 Å². The monoisotopic (exact) mass is 385 g/mol. The Balaban J connectivity index is 1.90. The molecular formula is C22H33N4O2+. The summed E-state index contributed by atoms with van der Waals surface area (Å²) in [5.41, 5.74) is 3.11. The number of allylic oxidation sites excluding steroid dienone is 2. The predicted octanol–water partition coefficient (Wildman–Crippen LogP) is 3.14. The summed E-state index contributed by atoms with van der Waals surface area (Å²) in [6, 6.07) is 8.37. The van der Waals surface area contributed by atoms with Gasteiger partial charge in [-0.15, -0.1) is 0 Å². The average Bonchev–Trinajstić information content (AvgIpc) is 2.66. The fraction of sp³-hybridized carbons (Fsp3) is 0.500. The molecule has 1 aromatic rings. The summed E-state index contributed by atoms with van der Waals surface area (Å²) in [5, 5.41) is 17.0. The van der Waals surface area contributed by atoms with Crippen LogP contribution in [0.4, 0.5) is 10.5 Å². The van der Waals surface area contributed by atoms with Crippen molar-refractivity contribution in [2.24, 2.45) is 0 Å². The third-order valence-corrected chi connectivity index (χ3v) is 4.64. The number of nitrogens with two attached hydrogens (primary N) is 1. The molecule has 1 aliphatic heterocycles. The molecule has 152 valence electrons. The molecule has 0 saturated carbocycles. The zero-order chi connectivity index (χ0) is 20.7. The number of rotatable bonds is 6. The molecule has 1 aromatic carbocycles. The molecule has 6 heteroatoms. The van der Waals surface area contributed by atoms with Gasteiger partial charge in [-0.1, -0.05) is 19.1 Å². The summed E-state index contributed by atoms with van der Waals surface area (Å²) in [6.07, 6.45) is 5.48. The SMILES string of the molecule is CCC(=[NH2+])/C=C(\C=N)c1ccc(NC2CCN(C(=O)OC(C)(C)C)CC2)cc1. The second-order valence-corrected chi connectivity index (χ2v) is 8.14. The first-order valence-corrected chi connectivity index (χ1v) is 9.90. The molecule has 1 saturated heterocycles. The molecule has 2 rings (SSSR count). The fourth-order valence-corrected chi connectivity index (χ4v) is 3.04. The van der Waals surface area contributed by atoms with Gasteiger partial charge in [-0.2, -0.15) is 0 Å². The Morgan fingerprint density at radius 3 is 2.39 bits per heavy atom. The maximum absolute atomic E-state index is 12.2. The van der Waals surface area contributed by atoms with E-state index in [1.807, 2.05) is 58.0 Å². The number of carbonyl (C=O) groups is 1. The van der Waals surface area contributed by atoms with Crippen molar-refractivity contribution in [3.63, 3.8) is 0 Å². The van der Waals surface area contributed by atoms with Gasteiger partial charge in [-0.05, 0) is 51.3 Å². The van der Waals surface area contributed by atoms with Crippen molar-refractivity contribution >= 4 is 29.3 Å². The molecule has 4 N–H and O–H groups in total. The molecule has 1 fully saturated rings. The van der Waals surface area contributed by atoms with Crippen molar-refractivity contribution in [3.8, 4) is 0 Å². The van der Waals surface area contributed by atoms with Crippen molar-refractivity contribution in [1.29, 1.82) is 5.41 Å². The van der Waals surface area contributed by atoms with E-state index in [1.54, 1.807) is 4.90 Å². The van der Waals surface area contributed by atoms with Gasteiger partial charge in [-0.25, -0.2) is 4.79 Å². The van der Waals surface area contributed by atoms with Crippen molar-refractivity contribution in [2.45, 2.75) is 58.6 Å². The third kappa shape index (κ3) is 6.51. The van der Waals surface area contributed by atoms with Crippen molar-refractivity contribution in [3.05, 3.63) is 35.9 Å². The Kier molecular flexibility index (Phi) is 7.38. The van der Waals surface area contributed by atoms with Gasteiger partial charge in [0.25, 0.3) is 0 Å². The predicted molar refractivity (Wildman–Crippen MR) is 115 cm³/mol. The number of anilines is 1. The highest BCUT2D eigenvalue weighted by atomic mass is 16.6. The van der Waals surface area contributed by atoms with Gasteiger partial charge in [0.2, 0.25) is 0 Å². The van der Waals surface area contributed by atoms with Gasteiger partial charge in [0.05, 0.1) is 0 Å². The Hall–Kier alpha value is -2.63. The van der Waals surface area contributed by atoms with E-state index < -0.39 is 5.60 Å². The van der Waals surface area contributed by atoms with Gasteiger partial charge in [0, 0.05) is 49.1 Å². The Morgan fingerprint density at radius 1 is 1.29 bits per heavy atom. The number of likely N-dealkylation sites (tertiary alicyclic amines) is 1. The smallest absolute Gasteiger partial charge is 0.410 e. The molecule has 0 unspecified atom stereocenters. The van der Waals surface area contributed by atoms with Crippen LogP contribution in [-0.4, -0.2) is 47.7 Å². The van der Waals surface area contributed by atoms with Crippen LogP contribution in [0.5, 0.6) is 0 Å². The van der Waals surface area contributed by atoms with Crippen LogP contribution in [0.25, 0.3) is 5.57 Å². The standard InChI is InChI=1S/C22H32N4O2/c1-5-18(24)14-17(15-23)16-6-8-19(9-7-16)25-20-10-12-26(13-11-20)21(27)28-22(2,3)4/h6-9,14-15,20,23-25H,5,10-13H2,1-4H3/p+1/b17-14+,23-15?,24-18?. The van der Waals surface area contributed by atoms with E-state index in [0.29, 0.717) is 19.1 Å². The molecule has 0 radical (unpaired) electrons. The zero-order valence-corrected chi connectivity index (χ0v) is 17.4. The second-order valence-electron chi connectivity index (χ2n) is 8.14. The van der Waals surface area contributed by atoms with Gasteiger partial charge >= 0.3 is 6.09 Å². The van der Waals surface area contributed by atoms with E-state index in [-0.39, 0.29) is 6.09 Å². The molecule has 6 nitrogen and oxygen atoms in total. The largest absolute Gasteiger partial charge is 0.444 e. The normalized spacial score (nSPS) is 15.9. The lowest BCUT2D eigenvalue weighted by molar-refractivity contribution is -0.114. The number of carbonyl (C=O) groups excluding carboxylic acids is 1. The molecule has 0 spiro atoms. The van der Waals surface area contributed by atoms with Crippen LogP contribution in [0, 0.1) is 5.41 Å². The molecule has 1 heterocycles. The number of nitrogens with one attached hydrogen (secondary N) is 2. The van der Waals surface area contributed by atoms with Crippen LogP contribution >= 0.6 is 0 Å². The molecule has 0 aliphatic carbocycles. The van der Waals surface area contributed by atoms with Crippen LogP contribution in [0.2, 0.25) is 0 Å². The van der Waals surface area contributed by atoms with Crippen LogP contribution in [-0.2, 0) is 4.74 Å². The third-order valence-electron chi connectivity index (χ3n) is 4.64. The summed E-state index contributed by atoms with van der Waals surface area (Å²) < 4.78 is 5.44. The first-order valence-electron chi connectivity index (χ1n) is 9.90. The molecule has 1 amide bonds. The Morgan fingerprint density at radius 2 is 1.89 bits per heavy atom. The number of benzene rings is 1. The van der Waals surface area contributed by atoms with Crippen molar-refractivity contribution in [2.75, 3.05) is 18.4 Å². The van der Waals surface area contributed by atoms with E-state index in [0.717, 1.165) is 41.8 Å². The lowest BCUT2D eigenvalue weighted by atomic mass is 10.0. The first-order chi connectivity index (χ1) is 13.2. The van der Waals surface area contributed by atoms with Gasteiger partial charge in [0.1, 0.15) is 5.60 Å². The average molecular weight is 386 g/mol. The van der Waals surface area contributed by atoms with Gasteiger partial charge in [0.15, 0.2) is 5.71 Å². The number of hydrogen-bond acceptors (Lipinski definition) is 4. The summed E-state index contributed by atoms with van der Waals surface area (Å²) >= 11 is 0. The van der Waals surface area contributed by atoms with Crippen LogP contribution in [0.3, 0.4) is 0 Å². The van der Waals surface area contributed by atoms with Crippen molar-refractivity contribution < 1.29 is 14.9 Å². The molecule has 28 heavy (non-hydrogen) atoms. The number of piperidine rings is 1. The van der Waals surface area contributed by atoms with Crippen molar-refractivity contribution in [1.82, 2.24) is 4.90 Å². The minimum absolute atomic E-state index is 0.232. The van der Waals surface area contributed by atoms with E-state index in [9.17, 15) is 4.79 Å². The van der Waals surface area contributed by atoms with Gasteiger partial charge in [-0.3, -0.25) is 5.41 Å². The van der Waals surface area contributed by atoms with Crippen LogP contribution < -0.4 is 10.7 Å². The second kappa shape index (κ2) is 9.53. The summed E-state index contributed by atoms with van der Waals surface area (Å²) in [7, 11) is 0. The highest BCUT2D eigenvalue weighted by Gasteiger charge is 2.26. The Bertz CT molecular complexity index is 724. The van der Waals surface area contributed by atoms with Gasteiger partial charge < -0.3 is 20.4 Å². The number of hydrogen-bond donors (Lipinski definition) is 3. The maximum Gasteiger partial charge on any atom is 0.410 e. The summed E-state index contributed by atoms with van der Waals surface area (Å²) in [6.45, 7) is 9.03. The van der Waals surface area contributed by atoms with E-state index in [1.165, 1.54) is 6.21 Å². The maximum atomic E-state index is 12.2. The van der Waals surface area contributed by atoms with Crippen LogP contribution in [0.15, 0.2) is 30.3 Å². The quantitative estimate of drug-likeness (QED) is 0.657. The molecule has 0 bridgehead atoms. The Labute approximate surface area is 168 Å². The lowest BCUT2D eigenvalue weighted by Gasteiger charge is -2.34. The fourth-order valence-electron chi connectivity index (χ4n) is 3.04. The summed E-state index contributed by atoms with van der Waals surface area (Å²) in [5.74, 6) is 0. The molecule has 0 atom stereocenters. The highest BCUT2D eigenvalue weighted by Crippen LogP contribution is 2.21.